The zero-order valence-corrected chi connectivity index (χ0v) is 15.0. The lowest BCUT2D eigenvalue weighted by molar-refractivity contribution is -0.115. The number of nitrogens with zero attached hydrogens (tertiary/aromatic N) is 1. The largest absolute Gasteiger partial charge is 0.326 e. The van der Waals surface area contributed by atoms with Crippen molar-refractivity contribution in [3.63, 3.8) is 0 Å². The summed E-state index contributed by atoms with van der Waals surface area (Å²) in [6.07, 6.45) is 2.08. The van der Waals surface area contributed by atoms with Crippen molar-refractivity contribution in [2.24, 2.45) is 5.10 Å². The van der Waals surface area contributed by atoms with Crippen molar-refractivity contribution in [1.82, 2.24) is 5.43 Å². The van der Waals surface area contributed by atoms with Gasteiger partial charge in [0.25, 0.3) is 5.91 Å². The van der Waals surface area contributed by atoms with Gasteiger partial charge in [0.05, 0.1) is 6.21 Å². The molecular formula is C20H23N3O2. The van der Waals surface area contributed by atoms with E-state index in [1.165, 1.54) is 5.56 Å². The van der Waals surface area contributed by atoms with Crippen molar-refractivity contribution in [3.8, 4) is 0 Å². The molecule has 5 nitrogen and oxygen atoms in total. The summed E-state index contributed by atoms with van der Waals surface area (Å²) in [4.78, 5) is 23.5. The van der Waals surface area contributed by atoms with Crippen molar-refractivity contribution in [3.05, 3.63) is 64.2 Å². The Morgan fingerprint density at radius 3 is 2.20 bits per heavy atom. The summed E-state index contributed by atoms with van der Waals surface area (Å²) in [7, 11) is 0. The predicted octanol–water partition coefficient (Wildman–Crippen LogP) is 3.72. The highest BCUT2D eigenvalue weighted by atomic mass is 16.2. The molecule has 0 bridgehead atoms. The molecule has 0 heterocycles. The van der Waals surface area contributed by atoms with Crippen LogP contribution in [0.1, 0.15) is 46.0 Å². The molecule has 5 heteroatoms. The molecule has 2 amide bonds. The van der Waals surface area contributed by atoms with Crippen LogP contribution in [0.4, 0.5) is 5.69 Å². The first kappa shape index (κ1) is 18.4. The standard InChI is InChI=1S/C20H23N3O2/c1-5-19(24)22-17-8-6-16(7-9-17)20(25)23-21-12-18-14(3)10-13(2)11-15(18)4/h6-12H,5H2,1-4H3,(H,22,24)(H,23,25). The highest BCUT2D eigenvalue weighted by Crippen LogP contribution is 2.14. The van der Waals surface area contributed by atoms with Crippen LogP contribution in [0.25, 0.3) is 0 Å². The number of nitrogens with one attached hydrogen (secondary N) is 2. The average molecular weight is 337 g/mol. The maximum Gasteiger partial charge on any atom is 0.271 e. The number of anilines is 1. The Morgan fingerprint density at radius 1 is 1.04 bits per heavy atom. The summed E-state index contributed by atoms with van der Waals surface area (Å²) in [6.45, 7) is 7.88. The summed E-state index contributed by atoms with van der Waals surface area (Å²) < 4.78 is 0. The number of carbonyl (C=O) groups excluding carboxylic acids is 2. The van der Waals surface area contributed by atoms with E-state index in [0.29, 0.717) is 17.7 Å². The molecule has 2 aromatic rings. The van der Waals surface area contributed by atoms with Crippen LogP contribution in [0, 0.1) is 20.8 Å². The Hall–Kier alpha value is -2.95. The highest BCUT2D eigenvalue weighted by Gasteiger charge is 2.06. The first-order valence-corrected chi connectivity index (χ1v) is 8.22. The molecule has 0 fully saturated rings. The Labute approximate surface area is 148 Å². The maximum absolute atomic E-state index is 12.1. The normalized spacial score (nSPS) is 10.7. The molecule has 0 saturated heterocycles. The molecule has 0 unspecified atom stereocenters. The minimum atomic E-state index is -0.299. The summed E-state index contributed by atoms with van der Waals surface area (Å²) in [5.41, 5.74) is 8.11. The van der Waals surface area contributed by atoms with Crippen molar-refractivity contribution in [1.29, 1.82) is 0 Å². The van der Waals surface area contributed by atoms with Crippen molar-refractivity contribution >= 4 is 23.7 Å². The molecule has 0 aliphatic rings. The fourth-order valence-electron chi connectivity index (χ4n) is 2.57. The van der Waals surface area contributed by atoms with Crippen LogP contribution in [-0.2, 0) is 4.79 Å². The smallest absolute Gasteiger partial charge is 0.271 e. The predicted molar refractivity (Wildman–Crippen MR) is 101 cm³/mol. The van der Waals surface area contributed by atoms with E-state index in [1.54, 1.807) is 37.4 Å². The van der Waals surface area contributed by atoms with Gasteiger partial charge < -0.3 is 5.32 Å². The van der Waals surface area contributed by atoms with Gasteiger partial charge in [-0.05, 0) is 56.2 Å². The monoisotopic (exact) mass is 337 g/mol. The van der Waals surface area contributed by atoms with Crippen LogP contribution in [0.2, 0.25) is 0 Å². The Morgan fingerprint density at radius 2 is 1.64 bits per heavy atom. The van der Waals surface area contributed by atoms with Gasteiger partial charge in [0.2, 0.25) is 5.91 Å². The molecule has 25 heavy (non-hydrogen) atoms. The Balaban J connectivity index is 2.02. The van der Waals surface area contributed by atoms with Gasteiger partial charge in [0, 0.05) is 23.2 Å². The number of rotatable bonds is 5. The van der Waals surface area contributed by atoms with Gasteiger partial charge in [-0.3, -0.25) is 9.59 Å². The lowest BCUT2D eigenvalue weighted by Crippen LogP contribution is -2.18. The number of amides is 2. The van der Waals surface area contributed by atoms with Gasteiger partial charge in [-0.25, -0.2) is 5.43 Å². The molecule has 0 radical (unpaired) electrons. The summed E-state index contributed by atoms with van der Waals surface area (Å²) >= 11 is 0. The quantitative estimate of drug-likeness (QED) is 0.645. The van der Waals surface area contributed by atoms with Crippen molar-refractivity contribution in [2.75, 3.05) is 5.32 Å². The van der Waals surface area contributed by atoms with E-state index in [9.17, 15) is 9.59 Å². The number of hydrogen-bond acceptors (Lipinski definition) is 3. The van der Waals surface area contributed by atoms with E-state index in [0.717, 1.165) is 16.7 Å². The molecule has 0 atom stereocenters. The lowest BCUT2D eigenvalue weighted by atomic mass is 10.0. The lowest BCUT2D eigenvalue weighted by Gasteiger charge is -2.07. The molecule has 0 aliphatic carbocycles. The van der Waals surface area contributed by atoms with E-state index in [-0.39, 0.29) is 11.8 Å². The fourth-order valence-corrected chi connectivity index (χ4v) is 2.57. The van der Waals surface area contributed by atoms with Gasteiger partial charge in [-0.2, -0.15) is 5.10 Å². The first-order chi connectivity index (χ1) is 11.9. The van der Waals surface area contributed by atoms with Gasteiger partial charge in [-0.15, -0.1) is 0 Å². The summed E-state index contributed by atoms with van der Waals surface area (Å²) in [5, 5.41) is 6.80. The van der Waals surface area contributed by atoms with Gasteiger partial charge in [-0.1, -0.05) is 24.6 Å². The molecule has 2 rings (SSSR count). The average Bonchev–Trinajstić information content (AvgIpc) is 2.57. The van der Waals surface area contributed by atoms with Crippen LogP contribution in [-0.4, -0.2) is 18.0 Å². The van der Waals surface area contributed by atoms with E-state index in [4.69, 9.17) is 0 Å². The SMILES string of the molecule is CCC(=O)Nc1ccc(C(=O)NN=Cc2c(C)cc(C)cc2C)cc1. The number of aryl methyl sites for hydroxylation is 3. The summed E-state index contributed by atoms with van der Waals surface area (Å²) in [6, 6.07) is 10.9. The zero-order chi connectivity index (χ0) is 18.4. The van der Waals surface area contributed by atoms with E-state index in [2.05, 4.69) is 34.9 Å². The second-order valence-corrected chi connectivity index (χ2v) is 5.99. The Kier molecular flexibility index (Phi) is 6.06. The number of hydrazone groups is 1. The molecular weight excluding hydrogens is 314 g/mol. The van der Waals surface area contributed by atoms with E-state index in [1.807, 2.05) is 13.8 Å². The van der Waals surface area contributed by atoms with Crippen LogP contribution in [0.3, 0.4) is 0 Å². The molecule has 0 saturated carbocycles. The minimum Gasteiger partial charge on any atom is -0.326 e. The molecule has 0 aliphatic heterocycles. The van der Waals surface area contributed by atoms with Crippen LogP contribution < -0.4 is 10.7 Å². The molecule has 130 valence electrons. The van der Waals surface area contributed by atoms with Crippen LogP contribution in [0.15, 0.2) is 41.5 Å². The molecule has 0 aromatic heterocycles. The second kappa shape index (κ2) is 8.24. The highest BCUT2D eigenvalue weighted by molar-refractivity contribution is 5.96. The summed E-state index contributed by atoms with van der Waals surface area (Å²) in [5.74, 6) is -0.363. The van der Waals surface area contributed by atoms with E-state index < -0.39 is 0 Å². The van der Waals surface area contributed by atoms with Crippen molar-refractivity contribution in [2.45, 2.75) is 34.1 Å². The molecule has 2 aromatic carbocycles. The van der Waals surface area contributed by atoms with Gasteiger partial charge in [0.15, 0.2) is 0 Å². The molecule has 2 N–H and O–H groups in total. The zero-order valence-electron chi connectivity index (χ0n) is 15.0. The van der Waals surface area contributed by atoms with Crippen LogP contribution in [0.5, 0.6) is 0 Å². The second-order valence-electron chi connectivity index (χ2n) is 5.99. The first-order valence-electron chi connectivity index (χ1n) is 8.22. The third-order valence-electron chi connectivity index (χ3n) is 3.85. The maximum atomic E-state index is 12.1. The third kappa shape index (κ3) is 5.01. The third-order valence-corrected chi connectivity index (χ3v) is 3.85. The van der Waals surface area contributed by atoms with Crippen LogP contribution >= 0.6 is 0 Å². The number of carbonyl (C=O) groups is 2. The fraction of sp³-hybridized carbons (Fsp3) is 0.250. The topological polar surface area (TPSA) is 70.6 Å². The molecule has 0 spiro atoms. The van der Waals surface area contributed by atoms with Crippen molar-refractivity contribution < 1.29 is 9.59 Å². The minimum absolute atomic E-state index is 0.0642. The number of benzene rings is 2. The van der Waals surface area contributed by atoms with Gasteiger partial charge >= 0.3 is 0 Å². The van der Waals surface area contributed by atoms with E-state index >= 15 is 0 Å². The number of hydrogen-bond donors (Lipinski definition) is 2. The Bertz CT molecular complexity index is 785. The van der Waals surface area contributed by atoms with Gasteiger partial charge in [0.1, 0.15) is 0 Å².